The van der Waals surface area contributed by atoms with Crippen LogP contribution in [0, 0.1) is 0 Å². The summed E-state index contributed by atoms with van der Waals surface area (Å²) in [6.45, 7) is 0.107. The van der Waals surface area contributed by atoms with Gasteiger partial charge >= 0.3 is 0 Å². The molecular weight excluding hydrogens is 203 g/mol. The number of halogens is 1. The first-order valence-electron chi connectivity index (χ1n) is 6.73. The van der Waals surface area contributed by atoms with Crippen LogP contribution >= 0.6 is 0 Å². The van der Waals surface area contributed by atoms with Gasteiger partial charge in [-0.2, -0.15) is 0 Å². The molecule has 0 atom stereocenters. The van der Waals surface area contributed by atoms with Crippen LogP contribution in [0.2, 0.25) is 0 Å². The van der Waals surface area contributed by atoms with Crippen molar-refractivity contribution in [1.29, 1.82) is 0 Å². The minimum Gasteiger partial charge on any atom is -0.396 e. The van der Waals surface area contributed by atoms with Gasteiger partial charge in [0.1, 0.15) is 0 Å². The number of allylic oxidation sites excluding steroid dienone is 2. The quantitative estimate of drug-likeness (QED) is 0.389. The maximum Gasteiger partial charge on any atom is 0.0928 e. The lowest BCUT2D eigenvalue weighted by Gasteiger charge is -2.00. The van der Waals surface area contributed by atoms with Crippen LogP contribution in [0.4, 0.5) is 4.39 Å². The average molecular weight is 230 g/mol. The summed E-state index contributed by atoms with van der Waals surface area (Å²) in [6.07, 6.45) is 15.6. The Morgan fingerprint density at radius 1 is 0.688 bits per heavy atom. The molecule has 0 bridgehead atoms. The minimum atomic E-state index is -0.232. The van der Waals surface area contributed by atoms with Crippen molar-refractivity contribution in [3.05, 3.63) is 12.2 Å². The molecule has 0 aliphatic carbocycles. The van der Waals surface area contributed by atoms with Crippen LogP contribution in [0.3, 0.4) is 0 Å². The fraction of sp³-hybridized carbons (Fsp3) is 0.857. The number of hydrogen-bond acceptors (Lipinski definition) is 1. The van der Waals surface area contributed by atoms with E-state index in [0.717, 1.165) is 12.8 Å². The van der Waals surface area contributed by atoms with E-state index in [9.17, 15) is 4.39 Å². The molecule has 16 heavy (non-hydrogen) atoms. The molecule has 0 amide bonds. The molecule has 0 aliphatic rings. The number of aliphatic hydroxyl groups is 1. The van der Waals surface area contributed by atoms with Gasteiger partial charge in [0.15, 0.2) is 0 Å². The molecule has 0 saturated carbocycles. The van der Waals surface area contributed by atoms with Gasteiger partial charge in [-0.05, 0) is 25.7 Å². The summed E-state index contributed by atoms with van der Waals surface area (Å²) in [4.78, 5) is 0. The number of unbranched alkanes of at least 4 members (excludes halogenated alkanes) is 8. The Kier molecular flexibility index (Phi) is 14.3. The van der Waals surface area contributed by atoms with Crippen molar-refractivity contribution in [2.75, 3.05) is 13.3 Å². The van der Waals surface area contributed by atoms with E-state index in [4.69, 9.17) is 5.11 Å². The maximum atomic E-state index is 11.7. The third-order valence-corrected chi connectivity index (χ3v) is 2.72. The van der Waals surface area contributed by atoms with Gasteiger partial charge in [-0.3, -0.25) is 4.39 Å². The van der Waals surface area contributed by atoms with Crippen molar-refractivity contribution in [3.63, 3.8) is 0 Å². The Bertz CT molecular complexity index is 146. The molecule has 0 aromatic heterocycles. The lowest BCUT2D eigenvalue weighted by Crippen LogP contribution is -1.84. The first kappa shape index (κ1) is 15.6. The van der Waals surface area contributed by atoms with Crippen LogP contribution in [0.5, 0.6) is 0 Å². The maximum absolute atomic E-state index is 11.7. The van der Waals surface area contributed by atoms with Gasteiger partial charge < -0.3 is 5.11 Å². The van der Waals surface area contributed by atoms with Crippen molar-refractivity contribution in [2.45, 2.75) is 64.2 Å². The average Bonchev–Trinajstić information content (AvgIpc) is 2.31. The monoisotopic (exact) mass is 230 g/mol. The predicted octanol–water partition coefficient (Wildman–Crippen LogP) is 4.41. The van der Waals surface area contributed by atoms with Crippen molar-refractivity contribution >= 4 is 0 Å². The summed E-state index contributed by atoms with van der Waals surface area (Å²) in [5.74, 6) is 0. The molecule has 96 valence electrons. The number of rotatable bonds is 12. The van der Waals surface area contributed by atoms with Gasteiger partial charge in [-0.1, -0.05) is 50.7 Å². The number of alkyl halides is 1. The Hall–Kier alpha value is -0.370. The Morgan fingerprint density at radius 2 is 1.19 bits per heavy atom. The van der Waals surface area contributed by atoms with Crippen molar-refractivity contribution in [1.82, 2.24) is 0 Å². The van der Waals surface area contributed by atoms with Crippen LogP contribution in [0.1, 0.15) is 64.2 Å². The second-order valence-corrected chi connectivity index (χ2v) is 4.29. The molecule has 0 fully saturated rings. The molecule has 0 heterocycles. The molecular formula is C14H27FO. The number of hydrogen-bond donors (Lipinski definition) is 1. The van der Waals surface area contributed by atoms with Gasteiger partial charge in [-0.25, -0.2) is 0 Å². The zero-order valence-electron chi connectivity index (χ0n) is 10.5. The smallest absolute Gasteiger partial charge is 0.0928 e. The highest BCUT2D eigenvalue weighted by Crippen LogP contribution is 2.09. The molecule has 1 N–H and O–H groups in total. The fourth-order valence-electron chi connectivity index (χ4n) is 1.73. The van der Waals surface area contributed by atoms with E-state index in [-0.39, 0.29) is 6.67 Å². The lowest BCUT2D eigenvalue weighted by atomic mass is 10.1. The highest BCUT2D eigenvalue weighted by atomic mass is 19.1. The Morgan fingerprint density at radius 3 is 1.75 bits per heavy atom. The van der Waals surface area contributed by atoms with E-state index in [0.29, 0.717) is 13.0 Å². The third kappa shape index (κ3) is 13.6. The van der Waals surface area contributed by atoms with Crippen molar-refractivity contribution in [3.8, 4) is 0 Å². The molecule has 0 aromatic rings. The van der Waals surface area contributed by atoms with E-state index in [1.807, 2.05) is 6.08 Å². The van der Waals surface area contributed by atoms with Gasteiger partial charge in [0.05, 0.1) is 6.67 Å². The van der Waals surface area contributed by atoms with Crippen molar-refractivity contribution in [2.24, 2.45) is 0 Å². The largest absolute Gasteiger partial charge is 0.396 e. The standard InChI is InChI=1S/C14H27FO/c15-13-11-9-7-5-3-1-2-4-6-8-10-12-14-16/h7,9,16H,1-6,8,10-14H2/b9-7+. The van der Waals surface area contributed by atoms with Gasteiger partial charge in [0.25, 0.3) is 0 Å². The first-order valence-corrected chi connectivity index (χ1v) is 6.73. The zero-order chi connectivity index (χ0) is 11.9. The minimum absolute atomic E-state index is 0.232. The normalized spacial score (nSPS) is 11.4. The van der Waals surface area contributed by atoms with E-state index < -0.39 is 0 Å². The molecule has 0 spiro atoms. The highest BCUT2D eigenvalue weighted by Gasteiger charge is 1.91. The lowest BCUT2D eigenvalue weighted by molar-refractivity contribution is 0.282. The van der Waals surface area contributed by atoms with Crippen LogP contribution in [-0.4, -0.2) is 18.4 Å². The Balaban J connectivity index is 2.93. The molecule has 1 nitrogen and oxygen atoms in total. The van der Waals surface area contributed by atoms with Crippen LogP contribution in [0.25, 0.3) is 0 Å². The summed E-state index contributed by atoms with van der Waals surface area (Å²) in [7, 11) is 0. The summed E-state index contributed by atoms with van der Waals surface area (Å²) in [6, 6.07) is 0. The third-order valence-electron chi connectivity index (χ3n) is 2.72. The molecule has 0 radical (unpaired) electrons. The second-order valence-electron chi connectivity index (χ2n) is 4.29. The first-order chi connectivity index (χ1) is 7.91. The van der Waals surface area contributed by atoms with E-state index in [1.165, 1.54) is 44.9 Å². The highest BCUT2D eigenvalue weighted by molar-refractivity contribution is 4.80. The summed E-state index contributed by atoms with van der Waals surface area (Å²) in [5.41, 5.74) is 0. The number of aliphatic hydroxyl groups excluding tert-OH is 1. The molecule has 0 saturated heterocycles. The zero-order valence-corrected chi connectivity index (χ0v) is 10.5. The second kappa shape index (κ2) is 14.6. The molecule has 0 aromatic carbocycles. The topological polar surface area (TPSA) is 20.2 Å². The van der Waals surface area contributed by atoms with Crippen LogP contribution < -0.4 is 0 Å². The SMILES string of the molecule is OCCCCCCCCCC/C=C/CCF. The predicted molar refractivity (Wildman–Crippen MR) is 68.4 cm³/mol. The Labute approximate surface area is 99.8 Å². The summed E-state index contributed by atoms with van der Waals surface area (Å²) < 4.78 is 11.7. The van der Waals surface area contributed by atoms with E-state index in [2.05, 4.69) is 6.08 Å². The van der Waals surface area contributed by atoms with Crippen molar-refractivity contribution < 1.29 is 9.50 Å². The van der Waals surface area contributed by atoms with Crippen LogP contribution in [0.15, 0.2) is 12.2 Å². The van der Waals surface area contributed by atoms with E-state index in [1.54, 1.807) is 0 Å². The fourth-order valence-corrected chi connectivity index (χ4v) is 1.73. The summed E-state index contributed by atoms with van der Waals surface area (Å²) >= 11 is 0. The molecule has 0 unspecified atom stereocenters. The molecule has 2 heteroatoms. The molecule has 0 rings (SSSR count). The van der Waals surface area contributed by atoms with Gasteiger partial charge in [0, 0.05) is 6.61 Å². The molecule has 0 aliphatic heterocycles. The van der Waals surface area contributed by atoms with E-state index >= 15 is 0 Å². The summed E-state index contributed by atoms with van der Waals surface area (Å²) in [5, 5.41) is 8.60. The van der Waals surface area contributed by atoms with Gasteiger partial charge in [-0.15, -0.1) is 0 Å². The van der Waals surface area contributed by atoms with Gasteiger partial charge in [0.2, 0.25) is 0 Å². The van der Waals surface area contributed by atoms with Crippen LogP contribution in [-0.2, 0) is 0 Å².